The first-order chi connectivity index (χ1) is 16.7. The quantitative estimate of drug-likeness (QED) is 0.140. The van der Waals surface area contributed by atoms with Crippen LogP contribution in [0.1, 0.15) is 16.1 Å². The van der Waals surface area contributed by atoms with Gasteiger partial charge in [0.25, 0.3) is 11.8 Å². The molecular weight excluding hydrogens is 502 g/mol. The maximum Gasteiger partial charge on any atom is 0.352 e. The number of hydrogen-bond acceptors (Lipinski definition) is 11. The number of nitrogens with two attached hydrogens (primary N) is 1. The Morgan fingerprint density at radius 3 is 2.51 bits per heavy atom. The van der Waals surface area contributed by atoms with Crippen molar-refractivity contribution in [3.05, 3.63) is 52.2 Å². The fourth-order valence-electron chi connectivity index (χ4n) is 3.48. The highest BCUT2D eigenvalue weighted by Crippen LogP contribution is 2.40. The summed E-state index contributed by atoms with van der Waals surface area (Å²) < 4.78 is 5.60. The van der Waals surface area contributed by atoms with Crippen LogP contribution in [0.25, 0.3) is 0 Å². The average molecular weight is 520 g/mol. The number of carbonyl (C=O) groups excluding carboxylic acids is 2. The highest BCUT2D eigenvalue weighted by atomic mass is 32.2. The van der Waals surface area contributed by atoms with E-state index >= 15 is 0 Å². The summed E-state index contributed by atoms with van der Waals surface area (Å²) in [4.78, 5) is 53.2. The van der Waals surface area contributed by atoms with Gasteiger partial charge >= 0.3 is 11.9 Å². The maximum absolute atomic E-state index is 12.8. The van der Waals surface area contributed by atoms with Gasteiger partial charge in [0.2, 0.25) is 0 Å². The van der Waals surface area contributed by atoms with Crippen molar-refractivity contribution < 1.29 is 39.3 Å². The first-order valence-electron chi connectivity index (χ1n) is 9.81. The Kier molecular flexibility index (Phi) is 6.61. The third-order valence-corrected chi connectivity index (χ3v) is 7.14. The number of anilines is 1. The lowest BCUT2D eigenvalue weighted by Crippen LogP contribution is -2.71. The molecule has 6 N–H and O–H groups in total. The number of fused-ring (bicyclic) bond motifs is 1. The zero-order chi connectivity index (χ0) is 25.3. The molecule has 0 aliphatic carbocycles. The normalized spacial score (nSPS) is 19.6. The van der Waals surface area contributed by atoms with Crippen LogP contribution < -0.4 is 15.8 Å². The number of nitrogens with zero attached hydrogens (tertiary/aromatic N) is 3. The Morgan fingerprint density at radius 1 is 1.23 bits per heavy atom. The number of carbonyl (C=O) groups is 4. The van der Waals surface area contributed by atoms with Crippen LogP contribution in [0.5, 0.6) is 5.75 Å². The van der Waals surface area contributed by atoms with Gasteiger partial charge in [0, 0.05) is 16.7 Å². The van der Waals surface area contributed by atoms with Crippen LogP contribution in [0.15, 0.2) is 46.1 Å². The van der Waals surface area contributed by atoms with Crippen molar-refractivity contribution in [2.24, 2.45) is 5.16 Å². The lowest BCUT2D eigenvalue weighted by atomic mass is 10.0. The average Bonchev–Trinajstić information content (AvgIpc) is 3.26. The molecule has 35 heavy (non-hydrogen) atoms. The number of benzene rings is 1. The van der Waals surface area contributed by atoms with Crippen LogP contribution >= 0.6 is 23.1 Å². The summed E-state index contributed by atoms with van der Waals surface area (Å²) in [6, 6.07) is 4.55. The molecular formula is C20H17N5O8S2. The van der Waals surface area contributed by atoms with Crippen LogP contribution in [0.3, 0.4) is 0 Å². The minimum absolute atomic E-state index is 0.0365. The molecule has 0 unspecified atom stereocenters. The molecule has 2 aliphatic rings. The third-order valence-electron chi connectivity index (χ3n) is 5.13. The third kappa shape index (κ3) is 4.63. The molecule has 3 heterocycles. The molecule has 2 aromatic rings. The van der Waals surface area contributed by atoms with Gasteiger partial charge in [0.1, 0.15) is 35.2 Å². The van der Waals surface area contributed by atoms with Gasteiger partial charge in [-0.05, 0) is 24.3 Å². The van der Waals surface area contributed by atoms with Gasteiger partial charge in [0.05, 0.1) is 5.56 Å². The monoisotopic (exact) mass is 519 g/mol. The molecule has 0 spiro atoms. The highest BCUT2D eigenvalue weighted by Gasteiger charge is 2.54. The lowest BCUT2D eigenvalue weighted by molar-refractivity contribution is -0.150. The number of oxime groups is 1. The molecule has 2 atom stereocenters. The number of thiazole rings is 1. The second-order valence-electron chi connectivity index (χ2n) is 7.26. The van der Waals surface area contributed by atoms with Gasteiger partial charge in [-0.15, -0.1) is 23.1 Å². The number of hydrogen-bond donors (Lipinski definition) is 5. The molecule has 182 valence electrons. The van der Waals surface area contributed by atoms with E-state index in [0.717, 1.165) is 16.2 Å². The number of β-lactam (4-membered cyclic amide) rings is 1. The van der Waals surface area contributed by atoms with E-state index < -0.39 is 40.9 Å². The van der Waals surface area contributed by atoms with Gasteiger partial charge in [-0.25, -0.2) is 14.6 Å². The van der Waals surface area contributed by atoms with Gasteiger partial charge in [-0.1, -0.05) is 5.16 Å². The standard InChI is InChI=1S/C20H17N5O8S2/c21-20-22-11(7-35-20)12(24-32)15(26)23-13-16(27)25-14(19(30)31)9(6-34-17(13)25)5-33-10-3-1-8(2-4-10)18(28)29/h1-4,7,13,17,32H,5-6H2,(H2,21,22)(H,23,26)(H,28,29)(H,30,31)/b24-12-/t13-,17-/m1/s1. The molecule has 2 aliphatic heterocycles. The van der Waals surface area contributed by atoms with E-state index in [9.17, 15) is 29.5 Å². The molecule has 1 fully saturated rings. The Labute approximate surface area is 204 Å². The second kappa shape index (κ2) is 9.63. The minimum atomic E-state index is -1.33. The van der Waals surface area contributed by atoms with Crippen molar-refractivity contribution >= 4 is 57.7 Å². The topological polar surface area (TPSA) is 205 Å². The zero-order valence-corrected chi connectivity index (χ0v) is 19.2. The summed E-state index contributed by atoms with van der Waals surface area (Å²) in [7, 11) is 0. The lowest BCUT2D eigenvalue weighted by Gasteiger charge is -2.49. The van der Waals surface area contributed by atoms with Crippen LogP contribution in [-0.2, 0) is 14.4 Å². The number of nitrogen functional groups attached to an aromatic ring is 1. The molecule has 1 saturated heterocycles. The fraction of sp³-hybridized carbons (Fsp3) is 0.200. The summed E-state index contributed by atoms with van der Waals surface area (Å²) in [6.07, 6.45) is 0. The number of nitrogens with one attached hydrogen (secondary N) is 1. The van der Waals surface area contributed by atoms with Crippen LogP contribution in [0.4, 0.5) is 5.13 Å². The van der Waals surface area contributed by atoms with E-state index in [-0.39, 0.29) is 34.4 Å². The molecule has 13 nitrogen and oxygen atoms in total. The molecule has 2 amide bonds. The zero-order valence-electron chi connectivity index (χ0n) is 17.6. The van der Waals surface area contributed by atoms with Gasteiger partial charge < -0.3 is 31.2 Å². The largest absolute Gasteiger partial charge is 0.489 e. The van der Waals surface area contributed by atoms with Crippen LogP contribution in [0, 0.1) is 0 Å². The van der Waals surface area contributed by atoms with E-state index in [1.54, 1.807) is 0 Å². The molecule has 15 heteroatoms. The molecule has 0 saturated carbocycles. The van der Waals surface area contributed by atoms with Crippen molar-refractivity contribution in [1.82, 2.24) is 15.2 Å². The number of amides is 2. The fourth-order valence-corrected chi connectivity index (χ4v) is 5.35. The van der Waals surface area contributed by atoms with Crippen molar-refractivity contribution in [3.8, 4) is 5.75 Å². The molecule has 0 bridgehead atoms. The number of carboxylic acid groups (broad SMARTS) is 2. The smallest absolute Gasteiger partial charge is 0.352 e. The second-order valence-corrected chi connectivity index (χ2v) is 9.25. The number of aromatic carboxylic acids is 1. The van der Waals surface area contributed by atoms with Crippen molar-refractivity contribution in [2.75, 3.05) is 18.1 Å². The van der Waals surface area contributed by atoms with Crippen LogP contribution in [-0.4, -0.2) is 78.5 Å². The molecule has 1 aromatic heterocycles. The van der Waals surface area contributed by atoms with Gasteiger partial charge in [-0.2, -0.15) is 0 Å². The van der Waals surface area contributed by atoms with E-state index in [1.165, 1.54) is 41.4 Å². The Balaban J connectivity index is 1.46. The minimum Gasteiger partial charge on any atom is -0.489 e. The predicted octanol–water partition coefficient (Wildman–Crippen LogP) is 0.419. The SMILES string of the molecule is Nc1nc(/C(=N/O)C(=O)N[C@@H]2C(=O)N3C(C(=O)O)=C(COc4ccc(C(=O)O)cc4)CS[C@H]23)cs1. The maximum atomic E-state index is 12.8. The Morgan fingerprint density at radius 2 is 1.94 bits per heavy atom. The van der Waals surface area contributed by atoms with Gasteiger partial charge in [0.15, 0.2) is 10.8 Å². The molecule has 0 radical (unpaired) electrons. The van der Waals surface area contributed by atoms with E-state index in [1.807, 2.05) is 0 Å². The number of aliphatic carboxylic acids is 1. The van der Waals surface area contributed by atoms with E-state index in [2.05, 4.69) is 15.5 Å². The number of aromatic nitrogens is 1. The number of thioether (sulfide) groups is 1. The molecule has 1 aromatic carbocycles. The van der Waals surface area contributed by atoms with Crippen molar-refractivity contribution in [1.29, 1.82) is 0 Å². The Bertz CT molecular complexity index is 1270. The summed E-state index contributed by atoms with van der Waals surface area (Å²) in [5.41, 5.74) is 5.32. The first kappa shape index (κ1) is 24.0. The number of carboxylic acids is 2. The highest BCUT2D eigenvalue weighted by molar-refractivity contribution is 8.00. The summed E-state index contributed by atoms with van der Waals surface area (Å²) in [5, 5.41) is 34.2. The predicted molar refractivity (Wildman–Crippen MR) is 123 cm³/mol. The number of rotatable bonds is 8. The Hall–Kier alpha value is -4.11. The first-order valence-corrected chi connectivity index (χ1v) is 11.7. The summed E-state index contributed by atoms with van der Waals surface area (Å²) >= 11 is 2.27. The van der Waals surface area contributed by atoms with Gasteiger partial charge in [-0.3, -0.25) is 14.5 Å². The summed E-state index contributed by atoms with van der Waals surface area (Å²) in [6.45, 7) is -0.138. The van der Waals surface area contributed by atoms with Crippen molar-refractivity contribution in [2.45, 2.75) is 11.4 Å². The van der Waals surface area contributed by atoms with Crippen LogP contribution in [0.2, 0.25) is 0 Å². The molecule has 4 rings (SSSR count). The summed E-state index contributed by atoms with van der Waals surface area (Å²) in [5.74, 6) is -3.39. The van der Waals surface area contributed by atoms with E-state index in [4.69, 9.17) is 15.6 Å². The van der Waals surface area contributed by atoms with Crippen molar-refractivity contribution in [3.63, 3.8) is 0 Å². The number of ether oxygens (including phenoxy) is 1. The van der Waals surface area contributed by atoms with E-state index in [0.29, 0.717) is 11.3 Å².